The van der Waals surface area contributed by atoms with E-state index >= 15 is 0 Å². The molecule has 2 aromatic rings. The maximum atomic E-state index is 12.9. The number of hydrogen-bond donors (Lipinski definition) is 1. The van der Waals surface area contributed by atoms with Crippen molar-refractivity contribution in [2.24, 2.45) is 0 Å². The molecule has 8 nitrogen and oxygen atoms in total. The number of rotatable bonds is 8. The summed E-state index contributed by atoms with van der Waals surface area (Å²) in [6.07, 6.45) is 1.40. The van der Waals surface area contributed by atoms with E-state index in [9.17, 15) is 13.2 Å². The Bertz CT molecular complexity index is 975. The maximum Gasteiger partial charge on any atom is 0.244 e. The number of fused-ring (bicyclic) bond motifs is 1. The lowest BCUT2D eigenvalue weighted by Gasteiger charge is -2.30. The Morgan fingerprint density at radius 3 is 2.48 bits per heavy atom. The molecule has 0 spiro atoms. The number of benzene rings is 2. The van der Waals surface area contributed by atoms with Crippen LogP contribution in [0.3, 0.4) is 0 Å². The third-order valence-corrected chi connectivity index (χ3v) is 5.74. The summed E-state index contributed by atoms with van der Waals surface area (Å²) in [4.78, 5) is 12.9. The second-order valence-corrected chi connectivity index (χ2v) is 8.45. The van der Waals surface area contributed by atoms with Gasteiger partial charge in [0.1, 0.15) is 11.8 Å². The van der Waals surface area contributed by atoms with Gasteiger partial charge in [0.2, 0.25) is 22.7 Å². The highest BCUT2D eigenvalue weighted by atomic mass is 32.2. The molecule has 9 heteroatoms. The van der Waals surface area contributed by atoms with Crippen molar-refractivity contribution in [3.63, 3.8) is 0 Å². The van der Waals surface area contributed by atoms with Gasteiger partial charge in [0.05, 0.1) is 19.1 Å². The molecule has 1 heterocycles. The lowest BCUT2D eigenvalue weighted by molar-refractivity contribution is -0.122. The largest absolute Gasteiger partial charge is 0.497 e. The van der Waals surface area contributed by atoms with Crippen molar-refractivity contribution in [3.05, 3.63) is 48.0 Å². The minimum absolute atomic E-state index is 0.175. The topological polar surface area (TPSA) is 94.2 Å². The molecule has 2 aromatic carbocycles. The van der Waals surface area contributed by atoms with Crippen LogP contribution in [0.4, 0.5) is 5.69 Å². The number of hydrogen-bond acceptors (Lipinski definition) is 6. The Kier molecular flexibility index (Phi) is 6.17. The number of ether oxygens (including phenoxy) is 3. The molecule has 1 aliphatic heterocycles. The average Bonchev–Trinajstić information content (AvgIpc) is 3.17. The molecule has 3 rings (SSSR count). The van der Waals surface area contributed by atoms with E-state index in [4.69, 9.17) is 14.2 Å². The van der Waals surface area contributed by atoms with Crippen molar-refractivity contribution < 1.29 is 27.4 Å². The van der Waals surface area contributed by atoms with Crippen LogP contribution in [0.2, 0.25) is 0 Å². The van der Waals surface area contributed by atoms with E-state index in [0.717, 1.165) is 16.1 Å². The molecule has 0 aliphatic carbocycles. The van der Waals surface area contributed by atoms with Crippen LogP contribution >= 0.6 is 0 Å². The van der Waals surface area contributed by atoms with Crippen LogP contribution in [-0.4, -0.2) is 40.5 Å². The first-order valence-corrected chi connectivity index (χ1v) is 11.0. The van der Waals surface area contributed by atoms with Crippen molar-refractivity contribution in [2.45, 2.75) is 25.9 Å². The molecular weight excluding hydrogens is 396 g/mol. The summed E-state index contributed by atoms with van der Waals surface area (Å²) in [7, 11) is -2.16. The molecular formula is C20H24N2O6S. The standard InChI is InChI=1S/C20H24N2O6S/c1-4-17(22(29(3,24)25)15-6-8-16(26-2)9-7-15)20(23)21-12-14-5-10-18-19(11-14)28-13-27-18/h5-11,17H,4,12-13H2,1-3H3,(H,21,23)/t17-/m0/s1. The molecule has 0 saturated carbocycles. The Hall–Kier alpha value is -2.94. The van der Waals surface area contributed by atoms with Gasteiger partial charge in [-0.25, -0.2) is 8.42 Å². The van der Waals surface area contributed by atoms with Gasteiger partial charge in [0.15, 0.2) is 11.5 Å². The zero-order valence-corrected chi connectivity index (χ0v) is 17.4. The summed E-state index contributed by atoms with van der Waals surface area (Å²) >= 11 is 0. The van der Waals surface area contributed by atoms with Crippen LogP contribution < -0.4 is 23.8 Å². The van der Waals surface area contributed by atoms with Gasteiger partial charge in [-0.3, -0.25) is 9.10 Å². The van der Waals surface area contributed by atoms with Crippen LogP contribution in [0.5, 0.6) is 17.2 Å². The fourth-order valence-corrected chi connectivity index (χ4v) is 4.36. The molecule has 0 unspecified atom stereocenters. The van der Waals surface area contributed by atoms with E-state index < -0.39 is 16.1 Å². The molecule has 1 atom stereocenters. The summed E-state index contributed by atoms with van der Waals surface area (Å²) in [6.45, 7) is 2.19. The normalized spacial score (nSPS) is 13.6. The van der Waals surface area contributed by atoms with E-state index in [0.29, 0.717) is 29.4 Å². The lowest BCUT2D eigenvalue weighted by atomic mass is 10.1. The molecule has 0 radical (unpaired) electrons. The van der Waals surface area contributed by atoms with E-state index in [2.05, 4.69) is 5.32 Å². The number of methoxy groups -OCH3 is 1. The smallest absolute Gasteiger partial charge is 0.244 e. The van der Waals surface area contributed by atoms with Crippen LogP contribution in [0, 0.1) is 0 Å². The highest BCUT2D eigenvalue weighted by molar-refractivity contribution is 7.92. The summed E-state index contributed by atoms with van der Waals surface area (Å²) in [5, 5.41) is 2.82. The first kappa shape index (κ1) is 20.8. The third-order valence-electron chi connectivity index (χ3n) is 4.56. The zero-order valence-electron chi connectivity index (χ0n) is 16.5. The van der Waals surface area contributed by atoms with Gasteiger partial charge in [-0.1, -0.05) is 13.0 Å². The quantitative estimate of drug-likeness (QED) is 0.704. The minimum Gasteiger partial charge on any atom is -0.497 e. The minimum atomic E-state index is -3.69. The van der Waals surface area contributed by atoms with Gasteiger partial charge < -0.3 is 19.5 Å². The van der Waals surface area contributed by atoms with Gasteiger partial charge in [-0.2, -0.15) is 0 Å². The number of nitrogens with one attached hydrogen (secondary N) is 1. The van der Waals surface area contributed by atoms with E-state index in [1.54, 1.807) is 43.3 Å². The average molecular weight is 420 g/mol. The van der Waals surface area contributed by atoms with Crippen LogP contribution in [0.25, 0.3) is 0 Å². The highest BCUT2D eigenvalue weighted by Gasteiger charge is 2.31. The van der Waals surface area contributed by atoms with E-state index in [-0.39, 0.29) is 19.2 Å². The van der Waals surface area contributed by atoms with E-state index in [1.165, 1.54) is 7.11 Å². The summed E-state index contributed by atoms with van der Waals surface area (Å²) < 4.78 is 41.8. The molecule has 1 N–H and O–H groups in total. The number of anilines is 1. The first-order valence-electron chi connectivity index (χ1n) is 9.13. The fraction of sp³-hybridized carbons (Fsp3) is 0.350. The monoisotopic (exact) mass is 420 g/mol. The fourth-order valence-electron chi connectivity index (χ4n) is 3.15. The molecule has 0 bridgehead atoms. The predicted molar refractivity (Wildman–Crippen MR) is 109 cm³/mol. The van der Waals surface area contributed by atoms with Crippen molar-refractivity contribution in [1.82, 2.24) is 5.32 Å². The first-order chi connectivity index (χ1) is 13.8. The molecule has 1 amide bonds. The summed E-state index contributed by atoms with van der Waals surface area (Å²) in [5.74, 6) is 1.50. The second kappa shape index (κ2) is 8.60. The number of carbonyl (C=O) groups is 1. The van der Waals surface area contributed by atoms with Crippen LogP contribution in [-0.2, 0) is 21.4 Å². The second-order valence-electron chi connectivity index (χ2n) is 6.59. The Morgan fingerprint density at radius 2 is 1.86 bits per heavy atom. The lowest BCUT2D eigenvalue weighted by Crippen LogP contribution is -2.49. The van der Waals surface area contributed by atoms with Crippen molar-refractivity contribution >= 4 is 21.6 Å². The van der Waals surface area contributed by atoms with Gasteiger partial charge >= 0.3 is 0 Å². The van der Waals surface area contributed by atoms with Gasteiger partial charge in [0.25, 0.3) is 0 Å². The molecule has 1 aliphatic rings. The number of carbonyl (C=O) groups excluding carboxylic acids is 1. The molecule has 0 aromatic heterocycles. The number of nitrogens with zero attached hydrogens (tertiary/aromatic N) is 1. The van der Waals surface area contributed by atoms with Gasteiger partial charge in [-0.15, -0.1) is 0 Å². The van der Waals surface area contributed by atoms with Gasteiger partial charge in [0, 0.05) is 6.54 Å². The predicted octanol–water partition coefficient (Wildman–Crippen LogP) is 2.28. The SMILES string of the molecule is CC[C@@H](C(=O)NCc1ccc2c(c1)OCO2)N(c1ccc(OC)cc1)S(C)(=O)=O. The third kappa shape index (κ3) is 4.73. The molecule has 156 valence electrons. The van der Waals surface area contributed by atoms with E-state index in [1.807, 2.05) is 6.07 Å². The van der Waals surface area contributed by atoms with Gasteiger partial charge in [-0.05, 0) is 48.4 Å². The highest BCUT2D eigenvalue weighted by Crippen LogP contribution is 2.32. The van der Waals surface area contributed by atoms with Crippen molar-refractivity contribution in [2.75, 3.05) is 24.5 Å². The van der Waals surface area contributed by atoms with Crippen LogP contribution in [0.15, 0.2) is 42.5 Å². The van der Waals surface area contributed by atoms with Crippen molar-refractivity contribution in [3.8, 4) is 17.2 Å². The summed E-state index contributed by atoms with van der Waals surface area (Å²) in [6, 6.07) is 11.1. The maximum absolute atomic E-state index is 12.9. The molecule has 0 fully saturated rings. The Morgan fingerprint density at radius 1 is 1.17 bits per heavy atom. The molecule has 29 heavy (non-hydrogen) atoms. The van der Waals surface area contributed by atoms with Crippen molar-refractivity contribution in [1.29, 1.82) is 0 Å². The van der Waals surface area contributed by atoms with Crippen LogP contribution in [0.1, 0.15) is 18.9 Å². The Labute approximate surface area is 170 Å². The summed E-state index contributed by atoms with van der Waals surface area (Å²) in [5.41, 5.74) is 1.23. The Balaban J connectivity index is 1.77. The molecule has 0 saturated heterocycles. The zero-order chi connectivity index (χ0) is 21.0. The number of amides is 1. The number of sulfonamides is 1.